The topological polar surface area (TPSA) is 67.8 Å². The SMILES string of the molecule is CCNC(=NCc1ccc(Oc2ccc(F)cc2)nc1)NCCCOCC.I. The summed E-state index contributed by atoms with van der Waals surface area (Å²) in [5, 5.41) is 6.50. The highest BCUT2D eigenvalue weighted by atomic mass is 127. The van der Waals surface area contributed by atoms with E-state index in [2.05, 4.69) is 20.6 Å². The number of rotatable bonds is 10. The van der Waals surface area contributed by atoms with Crippen LogP contribution in [0.5, 0.6) is 11.6 Å². The first-order chi connectivity index (χ1) is 13.2. The molecule has 2 N–H and O–H groups in total. The van der Waals surface area contributed by atoms with Crippen molar-refractivity contribution >= 4 is 29.9 Å². The van der Waals surface area contributed by atoms with E-state index in [1.165, 1.54) is 12.1 Å². The van der Waals surface area contributed by atoms with Crippen LogP contribution in [0.25, 0.3) is 0 Å². The lowest BCUT2D eigenvalue weighted by Gasteiger charge is -2.11. The Labute approximate surface area is 183 Å². The Morgan fingerprint density at radius 2 is 1.89 bits per heavy atom. The van der Waals surface area contributed by atoms with Gasteiger partial charge < -0.3 is 20.1 Å². The van der Waals surface area contributed by atoms with Crippen molar-refractivity contribution in [2.45, 2.75) is 26.8 Å². The summed E-state index contributed by atoms with van der Waals surface area (Å²) in [5.41, 5.74) is 0.966. The van der Waals surface area contributed by atoms with Crippen molar-refractivity contribution in [1.29, 1.82) is 0 Å². The van der Waals surface area contributed by atoms with Gasteiger partial charge in [-0.05, 0) is 50.1 Å². The zero-order valence-corrected chi connectivity index (χ0v) is 18.6. The number of hydrogen-bond donors (Lipinski definition) is 2. The molecule has 6 nitrogen and oxygen atoms in total. The number of benzene rings is 1. The molecule has 0 atom stereocenters. The van der Waals surface area contributed by atoms with Crippen LogP contribution in [0.15, 0.2) is 47.6 Å². The van der Waals surface area contributed by atoms with Crippen LogP contribution in [0.2, 0.25) is 0 Å². The van der Waals surface area contributed by atoms with E-state index in [9.17, 15) is 4.39 Å². The molecule has 1 aromatic carbocycles. The molecule has 0 saturated carbocycles. The van der Waals surface area contributed by atoms with Gasteiger partial charge in [-0.25, -0.2) is 14.4 Å². The monoisotopic (exact) mass is 502 g/mol. The number of halogens is 2. The number of nitrogens with one attached hydrogen (secondary N) is 2. The van der Waals surface area contributed by atoms with Gasteiger partial charge in [-0.2, -0.15) is 0 Å². The maximum absolute atomic E-state index is 12.9. The molecule has 0 radical (unpaired) electrons. The third-order valence-corrected chi connectivity index (χ3v) is 3.56. The van der Waals surface area contributed by atoms with Gasteiger partial charge in [0.05, 0.1) is 6.54 Å². The van der Waals surface area contributed by atoms with E-state index in [0.717, 1.165) is 44.2 Å². The fraction of sp³-hybridized carbons (Fsp3) is 0.400. The molecule has 0 spiro atoms. The summed E-state index contributed by atoms with van der Waals surface area (Å²) < 4.78 is 23.8. The van der Waals surface area contributed by atoms with Crippen LogP contribution in [0.3, 0.4) is 0 Å². The molecule has 154 valence electrons. The Hall–Kier alpha value is -1.94. The molecule has 0 fully saturated rings. The second kappa shape index (κ2) is 14.1. The van der Waals surface area contributed by atoms with Crippen molar-refractivity contribution in [3.8, 4) is 11.6 Å². The van der Waals surface area contributed by atoms with Gasteiger partial charge in [0.25, 0.3) is 0 Å². The fourth-order valence-corrected chi connectivity index (χ4v) is 2.23. The second-order valence-corrected chi connectivity index (χ2v) is 5.73. The summed E-state index contributed by atoms with van der Waals surface area (Å²) in [5.74, 6) is 1.46. The molecule has 2 rings (SSSR count). The first-order valence-electron chi connectivity index (χ1n) is 9.19. The zero-order chi connectivity index (χ0) is 19.3. The molecule has 0 aliphatic rings. The standard InChI is InChI=1S/C20H27FN4O2.HI/c1-3-22-20(23-12-5-13-26-4-2)25-15-16-6-11-19(24-14-16)27-18-9-7-17(21)8-10-18;/h6-11,14H,3-5,12-13,15H2,1-2H3,(H2,22,23,25);1H. The molecular weight excluding hydrogens is 474 g/mol. The van der Waals surface area contributed by atoms with Gasteiger partial charge >= 0.3 is 0 Å². The van der Waals surface area contributed by atoms with Gasteiger partial charge in [-0.1, -0.05) is 6.07 Å². The Kier molecular flexibility index (Phi) is 12.1. The van der Waals surface area contributed by atoms with Gasteiger partial charge in [0.15, 0.2) is 5.96 Å². The van der Waals surface area contributed by atoms with Crippen LogP contribution in [0.1, 0.15) is 25.8 Å². The Bertz CT molecular complexity index is 696. The predicted octanol–water partition coefficient (Wildman–Crippen LogP) is 4.11. The van der Waals surface area contributed by atoms with E-state index in [0.29, 0.717) is 18.2 Å². The predicted molar refractivity (Wildman–Crippen MR) is 120 cm³/mol. The first-order valence-corrected chi connectivity index (χ1v) is 9.19. The van der Waals surface area contributed by atoms with Gasteiger partial charge in [-0.15, -0.1) is 24.0 Å². The van der Waals surface area contributed by atoms with Crippen LogP contribution in [0.4, 0.5) is 4.39 Å². The summed E-state index contributed by atoms with van der Waals surface area (Å²) in [7, 11) is 0. The maximum Gasteiger partial charge on any atom is 0.219 e. The molecule has 1 aromatic heterocycles. The van der Waals surface area contributed by atoms with E-state index < -0.39 is 0 Å². The Morgan fingerprint density at radius 3 is 2.54 bits per heavy atom. The number of nitrogens with zero attached hydrogens (tertiary/aromatic N) is 2. The summed E-state index contributed by atoms with van der Waals surface area (Å²) in [6.07, 6.45) is 2.65. The average molecular weight is 502 g/mol. The third kappa shape index (κ3) is 9.32. The molecule has 1 heterocycles. The summed E-state index contributed by atoms with van der Waals surface area (Å²) in [6, 6.07) is 9.51. The molecule has 8 heteroatoms. The zero-order valence-electron chi connectivity index (χ0n) is 16.3. The molecule has 0 unspecified atom stereocenters. The number of aromatic nitrogens is 1. The fourth-order valence-electron chi connectivity index (χ4n) is 2.23. The minimum Gasteiger partial charge on any atom is -0.439 e. The van der Waals surface area contributed by atoms with Gasteiger partial charge in [0.1, 0.15) is 11.6 Å². The highest BCUT2D eigenvalue weighted by molar-refractivity contribution is 14.0. The van der Waals surface area contributed by atoms with Gasteiger partial charge in [0, 0.05) is 38.6 Å². The highest BCUT2D eigenvalue weighted by Crippen LogP contribution is 2.19. The van der Waals surface area contributed by atoms with Crippen molar-refractivity contribution in [1.82, 2.24) is 15.6 Å². The largest absolute Gasteiger partial charge is 0.439 e. The number of ether oxygens (including phenoxy) is 2. The van der Waals surface area contributed by atoms with E-state index in [1.54, 1.807) is 24.4 Å². The molecule has 0 aliphatic heterocycles. The first kappa shape index (κ1) is 24.1. The van der Waals surface area contributed by atoms with Crippen molar-refractivity contribution in [3.05, 3.63) is 54.0 Å². The number of hydrogen-bond acceptors (Lipinski definition) is 4. The normalized spacial score (nSPS) is 10.9. The van der Waals surface area contributed by atoms with E-state index in [1.807, 2.05) is 19.9 Å². The van der Waals surface area contributed by atoms with Crippen molar-refractivity contribution < 1.29 is 13.9 Å². The third-order valence-electron chi connectivity index (χ3n) is 3.56. The van der Waals surface area contributed by atoms with E-state index >= 15 is 0 Å². The van der Waals surface area contributed by atoms with Crippen LogP contribution in [-0.4, -0.2) is 37.2 Å². The van der Waals surface area contributed by atoms with Crippen LogP contribution in [0, 0.1) is 5.82 Å². The molecule has 0 saturated heterocycles. The maximum atomic E-state index is 12.9. The summed E-state index contributed by atoms with van der Waals surface area (Å²) in [6.45, 7) is 7.59. The van der Waals surface area contributed by atoms with Crippen molar-refractivity contribution in [2.24, 2.45) is 4.99 Å². The van der Waals surface area contributed by atoms with Crippen molar-refractivity contribution in [3.63, 3.8) is 0 Å². The quantitative estimate of drug-likeness (QED) is 0.222. The molecule has 0 aliphatic carbocycles. The number of pyridine rings is 1. The minimum atomic E-state index is -0.300. The molecule has 0 amide bonds. The molecule has 28 heavy (non-hydrogen) atoms. The number of guanidine groups is 1. The lowest BCUT2D eigenvalue weighted by molar-refractivity contribution is 0.145. The lowest BCUT2D eigenvalue weighted by atomic mass is 10.3. The van der Waals surface area contributed by atoms with Crippen LogP contribution in [-0.2, 0) is 11.3 Å². The van der Waals surface area contributed by atoms with Crippen molar-refractivity contribution in [2.75, 3.05) is 26.3 Å². The molecule has 0 bridgehead atoms. The second-order valence-electron chi connectivity index (χ2n) is 5.73. The number of aliphatic imine (C=N–C) groups is 1. The van der Waals surface area contributed by atoms with E-state index in [-0.39, 0.29) is 29.8 Å². The highest BCUT2D eigenvalue weighted by Gasteiger charge is 2.01. The summed E-state index contributed by atoms with van der Waals surface area (Å²) >= 11 is 0. The molecule has 2 aromatic rings. The lowest BCUT2D eigenvalue weighted by Crippen LogP contribution is -2.38. The Balaban J connectivity index is 0.00000392. The minimum absolute atomic E-state index is 0. The average Bonchev–Trinajstić information content (AvgIpc) is 2.69. The Morgan fingerprint density at radius 1 is 1.11 bits per heavy atom. The van der Waals surface area contributed by atoms with Crippen LogP contribution < -0.4 is 15.4 Å². The van der Waals surface area contributed by atoms with Gasteiger partial charge in [0.2, 0.25) is 5.88 Å². The summed E-state index contributed by atoms with van der Waals surface area (Å²) in [4.78, 5) is 8.83. The van der Waals surface area contributed by atoms with Gasteiger partial charge in [-0.3, -0.25) is 0 Å². The molecular formula is C20H28FIN4O2. The smallest absolute Gasteiger partial charge is 0.219 e. The van der Waals surface area contributed by atoms with Crippen LogP contribution >= 0.6 is 24.0 Å². The van der Waals surface area contributed by atoms with E-state index in [4.69, 9.17) is 9.47 Å².